The number of hydrogen-bond acceptors (Lipinski definition) is 5. The molecule has 1 heterocycles. The Bertz CT molecular complexity index is 365. The molecule has 0 spiro atoms. The first-order chi connectivity index (χ1) is 10.4. The maximum atomic E-state index is 5.78. The van der Waals surface area contributed by atoms with E-state index in [1.165, 1.54) is 12.0 Å². The molecule has 2 rings (SSSR count). The number of benzene rings is 1. The van der Waals surface area contributed by atoms with Crippen LogP contribution in [0, 0.1) is 0 Å². The van der Waals surface area contributed by atoms with Crippen LogP contribution in [0.3, 0.4) is 0 Å². The van der Waals surface area contributed by atoms with Gasteiger partial charge in [0.2, 0.25) is 0 Å². The average Bonchev–Trinajstić information content (AvgIpc) is 2.50. The second-order valence-electron chi connectivity index (χ2n) is 5.57. The van der Waals surface area contributed by atoms with Gasteiger partial charge in [0.25, 0.3) is 0 Å². The van der Waals surface area contributed by atoms with Crippen LogP contribution in [-0.2, 0) is 0 Å². The number of rotatable bonds is 1. The minimum atomic E-state index is 0.385. The van der Waals surface area contributed by atoms with Crippen molar-refractivity contribution in [2.45, 2.75) is 18.9 Å². The predicted octanol–water partition coefficient (Wildman–Crippen LogP) is 0.462. The summed E-state index contributed by atoms with van der Waals surface area (Å²) in [5.41, 5.74) is 7.92. The number of anilines is 1. The molecule has 1 atom stereocenters. The van der Waals surface area contributed by atoms with Gasteiger partial charge in [-0.2, -0.15) is 0 Å². The van der Waals surface area contributed by atoms with E-state index in [0.29, 0.717) is 6.04 Å². The van der Waals surface area contributed by atoms with Crippen LogP contribution in [0.2, 0.25) is 0 Å². The third kappa shape index (κ3) is 6.44. The lowest BCUT2D eigenvalue weighted by molar-refractivity contribution is 0.461. The second kappa shape index (κ2) is 9.73. The van der Waals surface area contributed by atoms with Crippen LogP contribution in [0.15, 0.2) is 24.3 Å². The molecule has 0 aliphatic carbocycles. The van der Waals surface area contributed by atoms with Gasteiger partial charge < -0.3 is 27.0 Å². The van der Waals surface area contributed by atoms with Crippen LogP contribution >= 0.6 is 0 Å². The molecule has 1 aliphatic rings. The highest BCUT2D eigenvalue weighted by Gasteiger charge is 2.10. The minimum Gasteiger partial charge on any atom is -0.399 e. The van der Waals surface area contributed by atoms with Gasteiger partial charge in [-0.05, 0) is 50.2 Å². The van der Waals surface area contributed by atoms with Crippen LogP contribution in [-0.4, -0.2) is 45.8 Å². The van der Waals surface area contributed by atoms with Crippen molar-refractivity contribution in [2.75, 3.05) is 51.5 Å². The van der Waals surface area contributed by atoms with Gasteiger partial charge in [-0.1, -0.05) is 12.1 Å². The van der Waals surface area contributed by atoms with Crippen molar-refractivity contribution in [2.24, 2.45) is 0 Å². The third-order valence-electron chi connectivity index (χ3n) is 3.83. The maximum Gasteiger partial charge on any atom is 0.0332 e. The van der Waals surface area contributed by atoms with Crippen LogP contribution in [0.25, 0.3) is 0 Å². The van der Waals surface area contributed by atoms with E-state index in [2.05, 4.69) is 33.4 Å². The van der Waals surface area contributed by atoms with Crippen molar-refractivity contribution in [3.8, 4) is 0 Å². The molecule has 5 nitrogen and oxygen atoms in total. The van der Waals surface area contributed by atoms with E-state index in [-0.39, 0.29) is 0 Å². The first kappa shape index (κ1) is 16.2. The van der Waals surface area contributed by atoms with E-state index in [1.54, 1.807) is 0 Å². The molecule has 1 saturated heterocycles. The summed E-state index contributed by atoms with van der Waals surface area (Å²) in [7, 11) is 0. The lowest BCUT2D eigenvalue weighted by atomic mass is 10.0. The molecule has 0 bridgehead atoms. The zero-order valence-corrected chi connectivity index (χ0v) is 12.8. The number of nitrogen functional groups attached to an aromatic ring is 1. The fraction of sp³-hybridized carbons (Fsp3) is 0.625. The van der Waals surface area contributed by atoms with Crippen LogP contribution in [0.5, 0.6) is 0 Å². The molecule has 0 radical (unpaired) electrons. The van der Waals surface area contributed by atoms with Gasteiger partial charge >= 0.3 is 0 Å². The number of nitrogens with one attached hydrogen (secondary N) is 4. The van der Waals surface area contributed by atoms with Gasteiger partial charge in [-0.15, -0.1) is 0 Å². The standard InChI is InChI=1S/C16H29N5/c17-15-4-2-14(3-5-15)16-6-9-20-11-10-18-7-1-8-19-12-13-21-16/h2-5,16,18-21H,1,6-13,17H2. The van der Waals surface area contributed by atoms with Gasteiger partial charge in [0.1, 0.15) is 0 Å². The number of hydrogen-bond donors (Lipinski definition) is 5. The first-order valence-corrected chi connectivity index (χ1v) is 8.07. The van der Waals surface area contributed by atoms with Crippen LogP contribution in [0.4, 0.5) is 5.69 Å². The van der Waals surface area contributed by atoms with Crippen LogP contribution < -0.4 is 27.0 Å². The Morgan fingerprint density at radius 2 is 1.38 bits per heavy atom. The van der Waals surface area contributed by atoms with Crippen molar-refractivity contribution in [3.05, 3.63) is 29.8 Å². The summed E-state index contributed by atoms with van der Waals surface area (Å²) in [4.78, 5) is 0. The van der Waals surface area contributed by atoms with E-state index in [0.717, 1.165) is 57.9 Å². The summed E-state index contributed by atoms with van der Waals surface area (Å²) < 4.78 is 0. The van der Waals surface area contributed by atoms with Gasteiger partial charge in [0.15, 0.2) is 0 Å². The first-order valence-electron chi connectivity index (χ1n) is 8.07. The Balaban J connectivity index is 1.88. The summed E-state index contributed by atoms with van der Waals surface area (Å²) in [6.45, 7) is 7.27. The molecular weight excluding hydrogens is 262 g/mol. The van der Waals surface area contributed by atoms with Crippen LogP contribution in [0.1, 0.15) is 24.4 Å². The van der Waals surface area contributed by atoms with E-state index >= 15 is 0 Å². The predicted molar refractivity (Wildman–Crippen MR) is 89.4 cm³/mol. The van der Waals surface area contributed by atoms with Gasteiger partial charge in [0, 0.05) is 37.9 Å². The summed E-state index contributed by atoms with van der Waals surface area (Å²) >= 11 is 0. The van der Waals surface area contributed by atoms with Gasteiger partial charge in [-0.25, -0.2) is 0 Å². The van der Waals surface area contributed by atoms with Crippen molar-refractivity contribution in [3.63, 3.8) is 0 Å². The summed E-state index contributed by atoms with van der Waals surface area (Å²) in [6.07, 6.45) is 2.27. The zero-order chi connectivity index (χ0) is 14.8. The molecular formula is C16H29N5. The van der Waals surface area contributed by atoms with Gasteiger partial charge in [0.05, 0.1) is 0 Å². The van der Waals surface area contributed by atoms with Gasteiger partial charge in [-0.3, -0.25) is 0 Å². The monoisotopic (exact) mass is 291 g/mol. The lowest BCUT2D eigenvalue weighted by Gasteiger charge is -2.20. The molecule has 0 saturated carbocycles. The van der Waals surface area contributed by atoms with Crippen molar-refractivity contribution >= 4 is 5.69 Å². The van der Waals surface area contributed by atoms with E-state index in [9.17, 15) is 0 Å². The maximum absolute atomic E-state index is 5.78. The van der Waals surface area contributed by atoms with E-state index in [4.69, 9.17) is 5.73 Å². The molecule has 1 unspecified atom stereocenters. The Morgan fingerprint density at radius 3 is 2.10 bits per heavy atom. The summed E-state index contributed by atoms with van der Waals surface area (Å²) in [6, 6.07) is 8.61. The molecule has 1 aliphatic heterocycles. The molecule has 0 amide bonds. The molecule has 1 fully saturated rings. The van der Waals surface area contributed by atoms with E-state index in [1.807, 2.05) is 12.1 Å². The number of nitrogens with two attached hydrogens (primary N) is 1. The van der Waals surface area contributed by atoms with Crippen molar-refractivity contribution in [1.29, 1.82) is 0 Å². The SMILES string of the molecule is Nc1ccc(C2CCNCCNCCCNCCN2)cc1. The Kier molecular flexibility index (Phi) is 7.53. The van der Waals surface area contributed by atoms with Crippen molar-refractivity contribution in [1.82, 2.24) is 21.3 Å². The Morgan fingerprint density at radius 1 is 0.762 bits per heavy atom. The largest absolute Gasteiger partial charge is 0.399 e. The quantitative estimate of drug-likeness (QED) is 0.486. The molecule has 118 valence electrons. The molecule has 0 aromatic heterocycles. The zero-order valence-electron chi connectivity index (χ0n) is 12.8. The highest BCUT2D eigenvalue weighted by Crippen LogP contribution is 2.17. The minimum absolute atomic E-state index is 0.385. The highest BCUT2D eigenvalue weighted by molar-refractivity contribution is 5.40. The second-order valence-corrected chi connectivity index (χ2v) is 5.57. The fourth-order valence-electron chi connectivity index (χ4n) is 2.59. The smallest absolute Gasteiger partial charge is 0.0332 e. The summed E-state index contributed by atoms with van der Waals surface area (Å²) in [5.74, 6) is 0. The summed E-state index contributed by atoms with van der Waals surface area (Å²) in [5, 5.41) is 14.1. The average molecular weight is 291 g/mol. The topological polar surface area (TPSA) is 74.1 Å². The third-order valence-corrected chi connectivity index (χ3v) is 3.83. The molecule has 6 N–H and O–H groups in total. The molecule has 1 aromatic rings. The van der Waals surface area contributed by atoms with Crippen molar-refractivity contribution < 1.29 is 0 Å². The molecule has 21 heavy (non-hydrogen) atoms. The normalized spacial score (nSPS) is 23.3. The Hall–Kier alpha value is -1.14. The fourth-order valence-corrected chi connectivity index (χ4v) is 2.59. The molecule has 5 heteroatoms. The molecule has 1 aromatic carbocycles. The Labute approximate surface area is 128 Å². The van der Waals surface area contributed by atoms with E-state index < -0.39 is 0 Å². The lowest BCUT2D eigenvalue weighted by Crippen LogP contribution is -2.35. The highest BCUT2D eigenvalue weighted by atomic mass is 15.0.